The van der Waals surface area contributed by atoms with Crippen LogP contribution in [0.3, 0.4) is 0 Å². The number of imide groups is 1. The van der Waals surface area contributed by atoms with Crippen molar-refractivity contribution >= 4 is 70.1 Å². The van der Waals surface area contributed by atoms with Crippen molar-refractivity contribution in [3.05, 3.63) is 31.2 Å². The monoisotopic (exact) mass is 412 g/mol. The van der Waals surface area contributed by atoms with Gasteiger partial charge in [0.2, 0.25) is 5.91 Å². The number of halogens is 4. The molecular formula is C13H8Cl4N2O5. The van der Waals surface area contributed by atoms with Gasteiger partial charge in [0.25, 0.3) is 11.8 Å². The fraction of sp³-hybridized carbons (Fsp3) is 0.231. The lowest BCUT2D eigenvalue weighted by molar-refractivity contribution is -0.141. The predicted molar refractivity (Wildman–Crippen MR) is 86.8 cm³/mol. The maximum absolute atomic E-state index is 12.5. The summed E-state index contributed by atoms with van der Waals surface area (Å²) >= 11 is 23.6. The maximum Gasteiger partial charge on any atom is 0.326 e. The van der Waals surface area contributed by atoms with Gasteiger partial charge in [0.05, 0.1) is 31.2 Å². The molecule has 0 spiro atoms. The zero-order valence-corrected chi connectivity index (χ0v) is 14.6. The number of hydrogen-bond acceptors (Lipinski definition) is 4. The topological polar surface area (TPSA) is 118 Å². The van der Waals surface area contributed by atoms with Crippen LogP contribution < -0.4 is 5.73 Å². The van der Waals surface area contributed by atoms with E-state index >= 15 is 0 Å². The Kier molecular flexibility index (Phi) is 5.29. The van der Waals surface area contributed by atoms with Crippen molar-refractivity contribution in [2.45, 2.75) is 18.9 Å². The first kappa shape index (κ1) is 18.8. The standard InChI is InChI=1S/C13H8Cl4N2O5/c14-7-5-6(8(15)10(17)9(7)16)12(22)19(11(5)21)3(13(23)24)1-2-4(18)20/h3H,1-2H2,(H2,18,20)(H,23,24). The molecule has 0 saturated carbocycles. The first-order chi connectivity index (χ1) is 11.1. The van der Waals surface area contributed by atoms with Gasteiger partial charge in [0.15, 0.2) is 0 Å². The number of nitrogens with two attached hydrogens (primary N) is 1. The third-order valence-corrected chi connectivity index (χ3v) is 5.20. The Hall–Kier alpha value is -1.54. The van der Waals surface area contributed by atoms with Crippen LogP contribution in [0.15, 0.2) is 0 Å². The lowest BCUT2D eigenvalue weighted by Gasteiger charge is -2.22. The Morgan fingerprint density at radius 1 is 0.958 bits per heavy atom. The van der Waals surface area contributed by atoms with E-state index in [0.29, 0.717) is 4.90 Å². The number of primary amides is 1. The van der Waals surface area contributed by atoms with Crippen LogP contribution in [0.4, 0.5) is 0 Å². The van der Waals surface area contributed by atoms with Crippen LogP contribution in [0.25, 0.3) is 0 Å². The number of hydrogen-bond donors (Lipinski definition) is 2. The molecule has 0 aliphatic carbocycles. The lowest BCUT2D eigenvalue weighted by Crippen LogP contribution is -2.45. The molecule has 3 amide bonds. The van der Waals surface area contributed by atoms with Crippen molar-refractivity contribution < 1.29 is 24.3 Å². The summed E-state index contributed by atoms with van der Waals surface area (Å²) in [7, 11) is 0. The van der Waals surface area contributed by atoms with Gasteiger partial charge in [-0.2, -0.15) is 0 Å². The number of fused-ring (bicyclic) bond motifs is 1. The summed E-state index contributed by atoms with van der Waals surface area (Å²) in [5, 5.41) is 8.23. The average Bonchev–Trinajstić information content (AvgIpc) is 2.75. The minimum atomic E-state index is -1.62. The molecule has 128 valence electrons. The van der Waals surface area contributed by atoms with Gasteiger partial charge in [0.1, 0.15) is 6.04 Å². The number of amides is 3. The molecule has 11 heteroatoms. The molecule has 0 radical (unpaired) electrons. The number of carbonyl (C=O) groups is 4. The van der Waals surface area contributed by atoms with E-state index in [-0.39, 0.29) is 44.1 Å². The molecule has 7 nitrogen and oxygen atoms in total. The van der Waals surface area contributed by atoms with E-state index in [4.69, 9.17) is 52.1 Å². The molecule has 1 aliphatic rings. The Bertz CT molecular complexity index is 748. The molecule has 24 heavy (non-hydrogen) atoms. The van der Waals surface area contributed by atoms with E-state index < -0.39 is 29.7 Å². The van der Waals surface area contributed by atoms with Gasteiger partial charge >= 0.3 is 5.97 Å². The molecule has 1 aromatic carbocycles. The van der Waals surface area contributed by atoms with E-state index in [0.717, 1.165) is 0 Å². The summed E-state index contributed by atoms with van der Waals surface area (Å²) in [6.45, 7) is 0. The van der Waals surface area contributed by atoms with Crippen molar-refractivity contribution in [3.8, 4) is 0 Å². The van der Waals surface area contributed by atoms with Gasteiger partial charge in [0, 0.05) is 6.42 Å². The van der Waals surface area contributed by atoms with Gasteiger partial charge < -0.3 is 10.8 Å². The zero-order chi connectivity index (χ0) is 18.3. The minimum absolute atomic E-state index is 0.228. The molecule has 1 heterocycles. The van der Waals surface area contributed by atoms with Gasteiger partial charge in [-0.25, -0.2) is 4.79 Å². The second-order valence-electron chi connectivity index (χ2n) is 4.85. The second kappa shape index (κ2) is 6.76. The second-order valence-corrected chi connectivity index (χ2v) is 6.36. The number of benzene rings is 1. The Morgan fingerprint density at radius 3 is 1.71 bits per heavy atom. The highest BCUT2D eigenvalue weighted by atomic mass is 35.5. The molecule has 0 fully saturated rings. The van der Waals surface area contributed by atoms with Crippen LogP contribution in [0.5, 0.6) is 0 Å². The maximum atomic E-state index is 12.5. The number of rotatable bonds is 5. The van der Waals surface area contributed by atoms with Crippen LogP contribution in [-0.2, 0) is 9.59 Å². The molecule has 1 atom stereocenters. The fourth-order valence-corrected chi connectivity index (χ4v) is 3.31. The third-order valence-electron chi connectivity index (χ3n) is 3.39. The first-order valence-corrected chi connectivity index (χ1v) is 7.85. The largest absolute Gasteiger partial charge is 0.480 e. The quantitative estimate of drug-likeness (QED) is 0.437. The first-order valence-electron chi connectivity index (χ1n) is 6.34. The van der Waals surface area contributed by atoms with Gasteiger partial charge in [-0.3, -0.25) is 19.3 Å². The van der Waals surface area contributed by atoms with E-state index in [1.807, 2.05) is 0 Å². The molecular weight excluding hydrogens is 406 g/mol. The van der Waals surface area contributed by atoms with Crippen molar-refractivity contribution in [3.63, 3.8) is 0 Å². The normalized spacial score (nSPS) is 14.8. The number of nitrogens with zero attached hydrogens (tertiary/aromatic N) is 1. The minimum Gasteiger partial charge on any atom is -0.480 e. The molecule has 1 aromatic rings. The van der Waals surface area contributed by atoms with Gasteiger partial charge in [-0.15, -0.1) is 0 Å². The summed E-state index contributed by atoms with van der Waals surface area (Å²) in [4.78, 5) is 47.8. The van der Waals surface area contributed by atoms with Gasteiger partial charge in [-0.05, 0) is 6.42 Å². The van der Waals surface area contributed by atoms with Crippen LogP contribution in [0.1, 0.15) is 33.6 Å². The fourth-order valence-electron chi connectivity index (χ4n) is 2.29. The Morgan fingerprint density at radius 2 is 1.38 bits per heavy atom. The highest BCUT2D eigenvalue weighted by Crippen LogP contribution is 2.45. The molecule has 1 unspecified atom stereocenters. The Balaban J connectivity index is 2.57. The van der Waals surface area contributed by atoms with Crippen LogP contribution >= 0.6 is 46.4 Å². The molecule has 0 aromatic heterocycles. The Labute approximate surface area is 155 Å². The molecule has 2 rings (SSSR count). The summed E-state index contributed by atoms with van der Waals surface area (Å²) in [5.74, 6) is -4.25. The van der Waals surface area contributed by atoms with E-state index in [9.17, 15) is 24.3 Å². The number of carbonyl (C=O) groups excluding carboxylic acids is 3. The molecule has 1 aliphatic heterocycles. The molecule has 3 N–H and O–H groups in total. The highest BCUT2D eigenvalue weighted by Gasteiger charge is 2.46. The van der Waals surface area contributed by atoms with E-state index in [2.05, 4.69) is 0 Å². The zero-order valence-electron chi connectivity index (χ0n) is 11.6. The van der Waals surface area contributed by atoms with Crippen LogP contribution in [-0.4, -0.2) is 39.7 Å². The van der Waals surface area contributed by atoms with Crippen molar-refractivity contribution in [2.75, 3.05) is 0 Å². The number of carboxylic acid groups (broad SMARTS) is 1. The summed E-state index contributed by atoms with van der Waals surface area (Å²) < 4.78 is 0. The summed E-state index contributed by atoms with van der Waals surface area (Å²) in [5.41, 5.74) is 4.33. The SMILES string of the molecule is NC(=O)CCC(C(=O)O)N1C(=O)c2c(Cl)c(Cl)c(Cl)c(Cl)c2C1=O. The average molecular weight is 414 g/mol. The van der Waals surface area contributed by atoms with E-state index in [1.54, 1.807) is 0 Å². The number of aliphatic carboxylic acids is 1. The van der Waals surface area contributed by atoms with Gasteiger partial charge in [-0.1, -0.05) is 46.4 Å². The summed E-state index contributed by atoms with van der Waals surface area (Å²) in [6.07, 6.45) is -0.694. The highest BCUT2D eigenvalue weighted by molar-refractivity contribution is 6.55. The molecule has 0 bridgehead atoms. The van der Waals surface area contributed by atoms with Crippen molar-refractivity contribution in [1.29, 1.82) is 0 Å². The van der Waals surface area contributed by atoms with E-state index in [1.165, 1.54) is 0 Å². The predicted octanol–water partition coefficient (Wildman–Crippen LogP) is 2.61. The summed E-state index contributed by atoms with van der Waals surface area (Å²) in [6, 6.07) is -1.62. The lowest BCUT2D eigenvalue weighted by atomic mass is 10.1. The van der Waals surface area contributed by atoms with Crippen LogP contribution in [0, 0.1) is 0 Å². The third kappa shape index (κ3) is 2.93. The van der Waals surface area contributed by atoms with Crippen molar-refractivity contribution in [1.82, 2.24) is 4.90 Å². The number of carboxylic acids is 1. The smallest absolute Gasteiger partial charge is 0.326 e. The van der Waals surface area contributed by atoms with Crippen molar-refractivity contribution in [2.24, 2.45) is 5.73 Å². The molecule has 0 saturated heterocycles. The van der Waals surface area contributed by atoms with Crippen LogP contribution in [0.2, 0.25) is 20.1 Å².